The van der Waals surface area contributed by atoms with Gasteiger partial charge in [-0.25, -0.2) is 0 Å². The highest BCUT2D eigenvalue weighted by Gasteiger charge is 2.31. The van der Waals surface area contributed by atoms with Crippen molar-refractivity contribution in [1.29, 1.82) is 0 Å². The number of anilines is 2. The van der Waals surface area contributed by atoms with Gasteiger partial charge in [-0.2, -0.15) is 13.2 Å². The maximum atomic E-state index is 12.9. The SMILES string of the molecule is [CH2]c1ccc(N2CCC(N(C)c3cccc(C(F)(F)F)c3)CC2)cc1. The molecular weight excluding hydrogens is 325 g/mol. The van der Waals surface area contributed by atoms with Gasteiger partial charge in [0.25, 0.3) is 0 Å². The van der Waals surface area contributed by atoms with E-state index >= 15 is 0 Å². The molecule has 0 spiro atoms. The van der Waals surface area contributed by atoms with Gasteiger partial charge in [-0.3, -0.25) is 0 Å². The summed E-state index contributed by atoms with van der Waals surface area (Å²) in [6.07, 6.45) is -2.47. The molecule has 1 saturated heterocycles. The topological polar surface area (TPSA) is 6.48 Å². The third-order valence-corrected chi connectivity index (χ3v) is 4.89. The molecule has 1 radical (unpaired) electrons. The van der Waals surface area contributed by atoms with Crippen molar-refractivity contribution in [1.82, 2.24) is 0 Å². The lowest BCUT2D eigenvalue weighted by Crippen LogP contribution is -2.43. The molecule has 1 aliphatic rings. The zero-order valence-electron chi connectivity index (χ0n) is 14.3. The van der Waals surface area contributed by atoms with Gasteiger partial charge in [0.1, 0.15) is 0 Å². The van der Waals surface area contributed by atoms with Crippen LogP contribution in [0, 0.1) is 6.92 Å². The molecule has 0 saturated carbocycles. The van der Waals surface area contributed by atoms with Crippen molar-refractivity contribution in [2.24, 2.45) is 0 Å². The Morgan fingerprint density at radius 1 is 1.04 bits per heavy atom. The van der Waals surface area contributed by atoms with Gasteiger partial charge in [0.15, 0.2) is 0 Å². The van der Waals surface area contributed by atoms with E-state index < -0.39 is 11.7 Å². The third-order valence-electron chi connectivity index (χ3n) is 4.89. The molecule has 0 aromatic heterocycles. The van der Waals surface area contributed by atoms with E-state index in [2.05, 4.69) is 24.0 Å². The minimum Gasteiger partial charge on any atom is -0.371 e. The maximum absolute atomic E-state index is 12.9. The number of nitrogens with zero attached hydrogens (tertiary/aromatic N) is 2. The van der Waals surface area contributed by atoms with Gasteiger partial charge in [-0.05, 0) is 55.7 Å². The van der Waals surface area contributed by atoms with Gasteiger partial charge in [0.05, 0.1) is 5.56 Å². The van der Waals surface area contributed by atoms with Crippen LogP contribution in [0.2, 0.25) is 0 Å². The summed E-state index contributed by atoms with van der Waals surface area (Å²) in [5, 5.41) is 0. The van der Waals surface area contributed by atoms with Crippen LogP contribution in [0.25, 0.3) is 0 Å². The first-order valence-corrected chi connectivity index (χ1v) is 8.41. The van der Waals surface area contributed by atoms with Crippen LogP contribution in [0.15, 0.2) is 48.5 Å². The molecule has 2 aromatic carbocycles. The summed E-state index contributed by atoms with van der Waals surface area (Å²) in [5.74, 6) is 0. The van der Waals surface area contributed by atoms with Crippen molar-refractivity contribution in [3.63, 3.8) is 0 Å². The van der Waals surface area contributed by atoms with Crippen molar-refractivity contribution < 1.29 is 13.2 Å². The van der Waals surface area contributed by atoms with E-state index in [1.807, 2.05) is 24.1 Å². The second kappa shape index (κ2) is 6.98. The molecule has 5 heteroatoms. The first-order chi connectivity index (χ1) is 11.8. The zero-order chi connectivity index (χ0) is 18.0. The van der Waals surface area contributed by atoms with Crippen LogP contribution in [0.1, 0.15) is 24.0 Å². The molecule has 0 aliphatic carbocycles. The minimum atomic E-state index is -4.31. The van der Waals surface area contributed by atoms with Gasteiger partial charge in [-0.1, -0.05) is 18.2 Å². The molecule has 1 heterocycles. The highest BCUT2D eigenvalue weighted by Crippen LogP contribution is 2.33. The second-order valence-corrected chi connectivity index (χ2v) is 6.54. The Morgan fingerprint density at radius 2 is 1.68 bits per heavy atom. The molecule has 0 atom stereocenters. The van der Waals surface area contributed by atoms with Crippen LogP contribution >= 0.6 is 0 Å². The van der Waals surface area contributed by atoms with E-state index in [1.165, 1.54) is 17.8 Å². The highest BCUT2D eigenvalue weighted by atomic mass is 19.4. The van der Waals surface area contributed by atoms with Crippen LogP contribution in [-0.4, -0.2) is 26.2 Å². The average Bonchev–Trinajstić information content (AvgIpc) is 2.61. The Labute approximate surface area is 146 Å². The number of halogens is 3. The largest absolute Gasteiger partial charge is 0.416 e. The first kappa shape index (κ1) is 17.6. The van der Waals surface area contributed by atoms with Crippen molar-refractivity contribution in [2.45, 2.75) is 25.1 Å². The molecular formula is C20H22F3N2. The Hall–Kier alpha value is -2.17. The number of benzene rings is 2. The van der Waals surface area contributed by atoms with Crippen molar-refractivity contribution in [3.8, 4) is 0 Å². The lowest BCUT2D eigenvalue weighted by molar-refractivity contribution is -0.137. The van der Waals surface area contributed by atoms with Gasteiger partial charge >= 0.3 is 6.18 Å². The van der Waals surface area contributed by atoms with Crippen LogP contribution in [0.5, 0.6) is 0 Å². The van der Waals surface area contributed by atoms with Gasteiger partial charge in [0, 0.05) is 37.6 Å². The first-order valence-electron chi connectivity index (χ1n) is 8.41. The molecule has 25 heavy (non-hydrogen) atoms. The van der Waals surface area contributed by atoms with Crippen molar-refractivity contribution >= 4 is 11.4 Å². The summed E-state index contributed by atoms with van der Waals surface area (Å²) in [6.45, 7) is 5.68. The monoisotopic (exact) mass is 347 g/mol. The lowest BCUT2D eigenvalue weighted by Gasteiger charge is -2.39. The zero-order valence-corrected chi connectivity index (χ0v) is 14.3. The van der Waals surface area contributed by atoms with Gasteiger partial charge < -0.3 is 9.80 Å². The fourth-order valence-electron chi connectivity index (χ4n) is 3.33. The van der Waals surface area contributed by atoms with Crippen LogP contribution in [0.3, 0.4) is 0 Å². The van der Waals surface area contributed by atoms with E-state index in [4.69, 9.17) is 0 Å². The summed E-state index contributed by atoms with van der Waals surface area (Å²) in [7, 11) is 1.88. The van der Waals surface area contributed by atoms with Crippen molar-refractivity contribution in [3.05, 3.63) is 66.6 Å². The molecule has 133 valence electrons. The maximum Gasteiger partial charge on any atom is 0.416 e. The number of piperidine rings is 1. The summed E-state index contributed by atoms with van der Waals surface area (Å²) in [5.41, 5.74) is 2.19. The fourth-order valence-corrected chi connectivity index (χ4v) is 3.33. The second-order valence-electron chi connectivity index (χ2n) is 6.54. The summed E-state index contributed by atoms with van der Waals surface area (Å²) >= 11 is 0. The standard InChI is InChI=1S/C20H22F3N2/c1-15-6-8-18(9-7-15)25-12-10-17(11-13-25)24(2)19-5-3-4-16(14-19)20(21,22)23/h3-9,14,17H,1,10-13H2,2H3. The van der Waals surface area contributed by atoms with Gasteiger partial charge in [0.2, 0.25) is 0 Å². The molecule has 2 aromatic rings. The van der Waals surface area contributed by atoms with E-state index in [9.17, 15) is 13.2 Å². The third kappa shape index (κ3) is 4.09. The molecule has 0 bridgehead atoms. The van der Waals surface area contributed by atoms with E-state index in [0.717, 1.165) is 37.6 Å². The Balaban J connectivity index is 1.65. The lowest BCUT2D eigenvalue weighted by atomic mass is 10.0. The van der Waals surface area contributed by atoms with E-state index in [0.29, 0.717) is 5.69 Å². The molecule has 3 rings (SSSR count). The molecule has 0 unspecified atom stereocenters. The molecule has 0 N–H and O–H groups in total. The molecule has 1 aliphatic heterocycles. The number of alkyl halides is 3. The predicted octanol–water partition coefficient (Wildman–Crippen LogP) is 4.99. The van der Waals surface area contributed by atoms with E-state index in [-0.39, 0.29) is 6.04 Å². The number of rotatable bonds is 3. The van der Waals surface area contributed by atoms with Crippen LogP contribution < -0.4 is 9.80 Å². The van der Waals surface area contributed by atoms with Crippen molar-refractivity contribution in [2.75, 3.05) is 29.9 Å². The molecule has 2 nitrogen and oxygen atoms in total. The average molecular weight is 347 g/mol. The van der Waals surface area contributed by atoms with Gasteiger partial charge in [-0.15, -0.1) is 0 Å². The number of hydrogen-bond acceptors (Lipinski definition) is 2. The summed E-state index contributed by atoms with van der Waals surface area (Å²) in [4.78, 5) is 4.29. The summed E-state index contributed by atoms with van der Waals surface area (Å²) < 4.78 is 38.7. The van der Waals surface area contributed by atoms with Crippen LogP contribution in [-0.2, 0) is 6.18 Å². The molecule has 0 amide bonds. The summed E-state index contributed by atoms with van der Waals surface area (Å²) in [6, 6.07) is 13.9. The van der Waals surface area contributed by atoms with E-state index in [1.54, 1.807) is 6.07 Å². The Morgan fingerprint density at radius 3 is 2.28 bits per heavy atom. The fraction of sp³-hybridized carbons (Fsp3) is 0.350. The Kier molecular flexibility index (Phi) is 4.93. The minimum absolute atomic E-state index is 0.242. The smallest absolute Gasteiger partial charge is 0.371 e. The highest BCUT2D eigenvalue weighted by molar-refractivity contribution is 5.51. The number of hydrogen-bond donors (Lipinski definition) is 0. The normalized spacial score (nSPS) is 16.1. The Bertz CT molecular complexity index is 702. The molecule has 1 fully saturated rings. The predicted molar refractivity (Wildman–Crippen MR) is 96.0 cm³/mol. The van der Waals surface area contributed by atoms with Crippen LogP contribution in [0.4, 0.5) is 24.5 Å². The quantitative estimate of drug-likeness (QED) is 0.771.